The van der Waals surface area contributed by atoms with Gasteiger partial charge in [-0.15, -0.1) is 24.0 Å². The summed E-state index contributed by atoms with van der Waals surface area (Å²) in [6, 6.07) is 9.67. The van der Waals surface area contributed by atoms with Gasteiger partial charge < -0.3 is 15.5 Å². The molecule has 1 atom stereocenters. The van der Waals surface area contributed by atoms with Crippen LogP contribution in [0.5, 0.6) is 0 Å². The van der Waals surface area contributed by atoms with Crippen molar-refractivity contribution in [3.05, 3.63) is 48.3 Å². The van der Waals surface area contributed by atoms with Gasteiger partial charge >= 0.3 is 0 Å². The summed E-state index contributed by atoms with van der Waals surface area (Å²) in [7, 11) is 0. The van der Waals surface area contributed by atoms with Crippen LogP contribution in [0.3, 0.4) is 0 Å². The zero-order valence-electron chi connectivity index (χ0n) is 17.6. The molecule has 0 radical (unpaired) electrons. The number of guanidine groups is 1. The van der Waals surface area contributed by atoms with Gasteiger partial charge in [-0.05, 0) is 37.1 Å². The second kappa shape index (κ2) is 12.8. The molecule has 0 bridgehead atoms. The average molecular weight is 542 g/mol. The van der Waals surface area contributed by atoms with Gasteiger partial charge in [-0.3, -0.25) is 9.48 Å². The van der Waals surface area contributed by atoms with E-state index in [0.717, 1.165) is 42.6 Å². The van der Waals surface area contributed by atoms with Crippen LogP contribution in [0.2, 0.25) is 0 Å². The molecule has 2 aromatic rings. The number of amides is 1. The maximum atomic E-state index is 12.2. The van der Waals surface area contributed by atoms with Crippen LogP contribution in [0.15, 0.2) is 47.7 Å². The Morgan fingerprint density at radius 2 is 2.20 bits per heavy atom. The van der Waals surface area contributed by atoms with Crippen LogP contribution in [-0.2, 0) is 17.9 Å². The maximum absolute atomic E-state index is 12.2. The Hall–Kier alpha value is -1.75. The summed E-state index contributed by atoms with van der Waals surface area (Å²) in [5.41, 5.74) is 1.84. The number of thioether (sulfide) groups is 1. The van der Waals surface area contributed by atoms with E-state index in [1.165, 1.54) is 6.42 Å². The van der Waals surface area contributed by atoms with Crippen molar-refractivity contribution in [2.45, 2.75) is 38.6 Å². The van der Waals surface area contributed by atoms with Crippen LogP contribution in [-0.4, -0.2) is 57.2 Å². The molecule has 1 aliphatic rings. The molecule has 1 aromatic carbocycles. The zero-order valence-corrected chi connectivity index (χ0v) is 20.7. The Morgan fingerprint density at radius 1 is 1.33 bits per heavy atom. The van der Waals surface area contributed by atoms with E-state index in [4.69, 9.17) is 4.99 Å². The number of hydrogen-bond acceptors (Lipinski definition) is 4. The molecule has 0 spiro atoms. The predicted octanol–water partition coefficient (Wildman–Crippen LogP) is 3.43. The molecule has 164 valence electrons. The van der Waals surface area contributed by atoms with Crippen LogP contribution >= 0.6 is 35.7 Å². The average Bonchev–Trinajstić information content (AvgIpc) is 3.24. The number of carbonyl (C=O) groups excluding carboxylic acids is 1. The molecule has 0 aliphatic carbocycles. The number of benzene rings is 1. The Labute approximate surface area is 200 Å². The highest BCUT2D eigenvalue weighted by molar-refractivity contribution is 14.0. The molecule has 1 amide bonds. The summed E-state index contributed by atoms with van der Waals surface area (Å²) >= 11 is 2.05. The fraction of sp³-hybridized carbons (Fsp3) is 0.476. The first kappa shape index (κ1) is 24.5. The van der Waals surface area contributed by atoms with Crippen molar-refractivity contribution in [3.8, 4) is 0 Å². The Kier molecular flexibility index (Phi) is 10.5. The molecular weight excluding hydrogens is 511 g/mol. The third-order valence-corrected chi connectivity index (χ3v) is 6.09. The van der Waals surface area contributed by atoms with Crippen LogP contribution in [0.1, 0.15) is 25.8 Å². The summed E-state index contributed by atoms with van der Waals surface area (Å²) in [5, 5.41) is 11.1. The highest BCUT2D eigenvalue weighted by Crippen LogP contribution is 2.21. The predicted molar refractivity (Wildman–Crippen MR) is 136 cm³/mol. The van der Waals surface area contributed by atoms with Crippen molar-refractivity contribution in [2.24, 2.45) is 4.99 Å². The number of anilines is 1. The zero-order chi connectivity index (χ0) is 20.5. The lowest BCUT2D eigenvalue weighted by Crippen LogP contribution is -2.48. The first-order valence-electron chi connectivity index (χ1n) is 10.2. The SMILES string of the molecule is CCNC(=NCc1cccc(NC(=O)Cn2cccn2)c1)N1CCSC(CC)C1.I. The normalized spacial score (nSPS) is 16.7. The minimum atomic E-state index is -0.0980. The van der Waals surface area contributed by atoms with E-state index < -0.39 is 0 Å². The third kappa shape index (κ3) is 7.50. The topological polar surface area (TPSA) is 74.5 Å². The molecule has 1 unspecified atom stereocenters. The molecule has 3 rings (SSSR count). The van der Waals surface area contributed by atoms with Crippen LogP contribution < -0.4 is 10.6 Å². The second-order valence-electron chi connectivity index (χ2n) is 6.97. The molecule has 1 aromatic heterocycles. The molecular formula is C21H31IN6OS. The number of aliphatic imine (C=N–C) groups is 1. The van der Waals surface area contributed by atoms with Gasteiger partial charge in [-0.2, -0.15) is 16.9 Å². The Balaban J connectivity index is 0.00000320. The highest BCUT2D eigenvalue weighted by Gasteiger charge is 2.21. The van der Waals surface area contributed by atoms with Gasteiger partial charge in [0.2, 0.25) is 5.91 Å². The first-order valence-corrected chi connectivity index (χ1v) is 11.2. The van der Waals surface area contributed by atoms with E-state index in [2.05, 4.69) is 46.2 Å². The fourth-order valence-electron chi connectivity index (χ4n) is 3.24. The van der Waals surface area contributed by atoms with Gasteiger partial charge in [0.1, 0.15) is 6.54 Å². The van der Waals surface area contributed by atoms with Gasteiger partial charge in [-0.25, -0.2) is 4.99 Å². The van der Waals surface area contributed by atoms with Crippen molar-refractivity contribution < 1.29 is 4.79 Å². The molecule has 1 fully saturated rings. The van der Waals surface area contributed by atoms with Crippen molar-refractivity contribution in [1.82, 2.24) is 20.0 Å². The lowest BCUT2D eigenvalue weighted by molar-refractivity contribution is -0.116. The van der Waals surface area contributed by atoms with E-state index in [0.29, 0.717) is 11.8 Å². The number of nitrogens with zero attached hydrogens (tertiary/aromatic N) is 4. The maximum Gasteiger partial charge on any atom is 0.246 e. The number of carbonyl (C=O) groups is 1. The van der Waals surface area contributed by atoms with Crippen LogP contribution in [0.4, 0.5) is 5.69 Å². The van der Waals surface area contributed by atoms with E-state index in [9.17, 15) is 4.79 Å². The molecule has 2 N–H and O–H groups in total. The Morgan fingerprint density at radius 3 is 2.93 bits per heavy atom. The highest BCUT2D eigenvalue weighted by atomic mass is 127. The largest absolute Gasteiger partial charge is 0.357 e. The summed E-state index contributed by atoms with van der Waals surface area (Å²) < 4.78 is 1.60. The number of halogens is 1. The van der Waals surface area contributed by atoms with Gasteiger partial charge in [-0.1, -0.05) is 19.1 Å². The standard InChI is InChI=1S/C21H30N6OS.HI/c1-3-19-15-26(11-12-29-19)21(22-4-2)23-14-17-7-5-8-18(13-17)25-20(28)16-27-10-6-9-24-27;/h5-10,13,19H,3-4,11-12,14-16H2,1-2H3,(H,22,23)(H,25,28);1H. The van der Waals surface area contributed by atoms with E-state index in [1.54, 1.807) is 23.1 Å². The Bertz CT molecular complexity index is 814. The summed E-state index contributed by atoms with van der Waals surface area (Å²) in [6.07, 6.45) is 4.62. The van der Waals surface area contributed by atoms with E-state index in [1.807, 2.05) is 24.3 Å². The summed E-state index contributed by atoms with van der Waals surface area (Å²) in [6.45, 7) is 8.03. The molecule has 1 saturated heterocycles. The van der Waals surface area contributed by atoms with Crippen molar-refractivity contribution in [2.75, 3.05) is 30.7 Å². The minimum Gasteiger partial charge on any atom is -0.357 e. The van der Waals surface area contributed by atoms with Crippen LogP contribution in [0.25, 0.3) is 0 Å². The van der Waals surface area contributed by atoms with Gasteiger partial charge in [0.25, 0.3) is 0 Å². The molecule has 7 nitrogen and oxygen atoms in total. The lowest BCUT2D eigenvalue weighted by Gasteiger charge is -2.34. The molecule has 9 heteroatoms. The number of aromatic nitrogens is 2. The van der Waals surface area contributed by atoms with Crippen molar-refractivity contribution >= 4 is 53.3 Å². The van der Waals surface area contributed by atoms with Gasteiger partial charge in [0.05, 0.1) is 6.54 Å². The number of hydrogen-bond donors (Lipinski definition) is 2. The van der Waals surface area contributed by atoms with E-state index in [-0.39, 0.29) is 36.4 Å². The molecule has 2 heterocycles. The van der Waals surface area contributed by atoms with Crippen molar-refractivity contribution in [1.29, 1.82) is 0 Å². The van der Waals surface area contributed by atoms with E-state index >= 15 is 0 Å². The van der Waals surface area contributed by atoms with Gasteiger partial charge in [0, 0.05) is 48.7 Å². The smallest absolute Gasteiger partial charge is 0.246 e. The number of nitrogens with one attached hydrogen (secondary N) is 2. The lowest BCUT2D eigenvalue weighted by atomic mass is 10.2. The number of rotatable bonds is 7. The second-order valence-corrected chi connectivity index (χ2v) is 8.38. The molecule has 1 aliphatic heterocycles. The third-order valence-electron chi connectivity index (χ3n) is 4.72. The fourth-order valence-corrected chi connectivity index (χ4v) is 4.42. The summed E-state index contributed by atoms with van der Waals surface area (Å²) in [5.74, 6) is 2.01. The monoisotopic (exact) mass is 542 g/mol. The van der Waals surface area contributed by atoms with Gasteiger partial charge in [0.15, 0.2) is 5.96 Å². The quantitative estimate of drug-likeness (QED) is 0.319. The first-order chi connectivity index (χ1) is 14.2. The summed E-state index contributed by atoms with van der Waals surface area (Å²) in [4.78, 5) is 19.4. The molecule has 0 saturated carbocycles. The van der Waals surface area contributed by atoms with Crippen LogP contribution in [0, 0.1) is 0 Å². The van der Waals surface area contributed by atoms with Crippen molar-refractivity contribution in [3.63, 3.8) is 0 Å². The molecule has 30 heavy (non-hydrogen) atoms. The minimum absolute atomic E-state index is 0.